The molecule has 0 aromatic heterocycles. The molecule has 0 heterocycles. The van der Waals surface area contributed by atoms with E-state index < -0.39 is 0 Å². The first-order valence-corrected chi connectivity index (χ1v) is 8.57. The Bertz CT molecular complexity index is 751. The minimum atomic E-state index is 0.474. The Balaban J connectivity index is 2.11. The summed E-state index contributed by atoms with van der Waals surface area (Å²) in [7, 11) is 2.01. The second-order valence-electron chi connectivity index (χ2n) is 6.21. The normalized spacial score (nSPS) is 11.8. The van der Waals surface area contributed by atoms with E-state index in [1.54, 1.807) is 0 Å². The molecule has 2 aromatic rings. The summed E-state index contributed by atoms with van der Waals surface area (Å²) in [6, 6.07) is 14.3. The summed E-state index contributed by atoms with van der Waals surface area (Å²) in [6.45, 7) is 9.63. The molecular weight excluding hydrogens is 310 g/mol. The van der Waals surface area contributed by atoms with Crippen LogP contribution in [0.2, 0.25) is 0 Å². The molecular formula is C21H27N3O. The maximum Gasteiger partial charge on any atom is 0.142 e. The first-order chi connectivity index (χ1) is 12.0. The molecule has 4 nitrogen and oxygen atoms in total. The zero-order valence-electron chi connectivity index (χ0n) is 15.8. The number of benzene rings is 2. The lowest BCUT2D eigenvalue weighted by atomic mass is 10.0. The first-order valence-electron chi connectivity index (χ1n) is 8.57. The summed E-state index contributed by atoms with van der Waals surface area (Å²) in [4.78, 5) is 12.1. The van der Waals surface area contributed by atoms with Gasteiger partial charge in [0, 0.05) is 19.2 Å². The summed E-state index contributed by atoms with van der Waals surface area (Å²) < 4.78 is 0. The lowest BCUT2D eigenvalue weighted by molar-refractivity contribution is 0.130. The monoisotopic (exact) mass is 337 g/mol. The van der Waals surface area contributed by atoms with Gasteiger partial charge in [-0.15, -0.1) is 0 Å². The molecule has 0 bridgehead atoms. The lowest BCUT2D eigenvalue weighted by Crippen LogP contribution is -2.14. The van der Waals surface area contributed by atoms with Gasteiger partial charge in [-0.05, 0) is 56.5 Å². The number of hydrogen-bond acceptors (Lipinski definition) is 3. The van der Waals surface area contributed by atoms with Crippen molar-refractivity contribution in [1.82, 2.24) is 4.90 Å². The van der Waals surface area contributed by atoms with E-state index in [0.717, 1.165) is 40.2 Å². The zero-order valence-corrected chi connectivity index (χ0v) is 15.8. The molecule has 0 saturated heterocycles. The van der Waals surface area contributed by atoms with Gasteiger partial charge in [0.15, 0.2) is 0 Å². The molecule has 0 aliphatic heterocycles. The maximum atomic E-state index is 5.51. The SMILES string of the molecule is CCN(C)C=Nc1cc(C)c(/C(C)=N/OCc2ccccc2)cc1C. The van der Waals surface area contributed by atoms with Crippen LogP contribution in [0.4, 0.5) is 5.69 Å². The Kier molecular flexibility index (Phi) is 6.75. The second-order valence-corrected chi connectivity index (χ2v) is 6.21. The predicted molar refractivity (Wildman–Crippen MR) is 106 cm³/mol. The van der Waals surface area contributed by atoms with E-state index in [4.69, 9.17) is 4.84 Å². The Morgan fingerprint density at radius 1 is 1.12 bits per heavy atom. The molecule has 0 fully saturated rings. The van der Waals surface area contributed by atoms with Gasteiger partial charge in [0.05, 0.1) is 17.7 Å². The Hall–Kier alpha value is -2.62. The van der Waals surface area contributed by atoms with Crippen molar-refractivity contribution in [3.8, 4) is 0 Å². The van der Waals surface area contributed by atoms with Crippen LogP contribution in [0.3, 0.4) is 0 Å². The van der Waals surface area contributed by atoms with Gasteiger partial charge in [-0.25, -0.2) is 4.99 Å². The molecule has 4 heteroatoms. The van der Waals surface area contributed by atoms with Crippen LogP contribution in [0.5, 0.6) is 0 Å². The van der Waals surface area contributed by atoms with Crippen molar-refractivity contribution in [2.24, 2.45) is 10.1 Å². The van der Waals surface area contributed by atoms with Crippen molar-refractivity contribution in [3.63, 3.8) is 0 Å². The summed E-state index contributed by atoms with van der Waals surface area (Å²) >= 11 is 0. The number of nitrogens with zero attached hydrogens (tertiary/aromatic N) is 3. The van der Waals surface area contributed by atoms with Crippen LogP contribution >= 0.6 is 0 Å². The molecule has 0 saturated carbocycles. The molecule has 2 aromatic carbocycles. The van der Waals surface area contributed by atoms with Crippen LogP contribution in [0.25, 0.3) is 0 Å². The number of aliphatic imine (C=N–C) groups is 1. The van der Waals surface area contributed by atoms with Crippen LogP contribution in [-0.4, -0.2) is 30.5 Å². The molecule has 0 atom stereocenters. The first kappa shape index (κ1) is 18.7. The van der Waals surface area contributed by atoms with E-state index in [0.29, 0.717) is 6.61 Å². The van der Waals surface area contributed by atoms with E-state index in [2.05, 4.69) is 43.1 Å². The van der Waals surface area contributed by atoms with Crippen LogP contribution in [0.1, 0.15) is 36.1 Å². The fourth-order valence-electron chi connectivity index (χ4n) is 2.40. The average Bonchev–Trinajstić information content (AvgIpc) is 2.62. The Labute approximate surface area is 150 Å². The van der Waals surface area contributed by atoms with Crippen LogP contribution in [0.15, 0.2) is 52.6 Å². The van der Waals surface area contributed by atoms with Crippen LogP contribution in [0, 0.1) is 13.8 Å². The highest BCUT2D eigenvalue weighted by Gasteiger charge is 2.07. The molecule has 0 unspecified atom stereocenters. The maximum absolute atomic E-state index is 5.51. The third-order valence-corrected chi connectivity index (χ3v) is 4.10. The van der Waals surface area contributed by atoms with Gasteiger partial charge in [0.1, 0.15) is 6.61 Å². The molecule has 132 valence electrons. The average molecular weight is 337 g/mol. The summed E-state index contributed by atoms with van der Waals surface area (Å²) in [5, 5.41) is 4.28. The standard InChI is InChI=1S/C21H27N3O/c1-6-24(5)15-22-21-13-16(2)20(12-17(21)3)18(4)23-25-14-19-10-8-7-9-11-19/h7-13,15H,6,14H2,1-5H3/b22-15?,23-18+. The highest BCUT2D eigenvalue weighted by molar-refractivity contribution is 6.00. The van der Waals surface area contributed by atoms with Gasteiger partial charge in [-0.3, -0.25) is 0 Å². The van der Waals surface area contributed by atoms with Gasteiger partial charge >= 0.3 is 0 Å². The second kappa shape index (κ2) is 9.02. The zero-order chi connectivity index (χ0) is 18.2. The molecule has 2 rings (SSSR count). The quantitative estimate of drug-likeness (QED) is 0.411. The molecule has 0 aliphatic rings. The topological polar surface area (TPSA) is 37.2 Å². The Morgan fingerprint density at radius 2 is 1.84 bits per heavy atom. The molecule has 0 aliphatic carbocycles. The molecule has 0 N–H and O–H groups in total. The minimum Gasteiger partial charge on any atom is -0.391 e. The van der Waals surface area contributed by atoms with Crippen molar-refractivity contribution in [3.05, 3.63) is 64.7 Å². The summed E-state index contributed by atoms with van der Waals surface area (Å²) in [5.41, 5.74) is 6.32. The van der Waals surface area contributed by atoms with Gasteiger partial charge in [-0.2, -0.15) is 0 Å². The van der Waals surface area contributed by atoms with E-state index in [1.807, 2.05) is 55.5 Å². The van der Waals surface area contributed by atoms with Crippen molar-refractivity contribution < 1.29 is 4.84 Å². The largest absolute Gasteiger partial charge is 0.391 e. The van der Waals surface area contributed by atoms with Gasteiger partial charge in [0.2, 0.25) is 0 Å². The van der Waals surface area contributed by atoms with E-state index >= 15 is 0 Å². The van der Waals surface area contributed by atoms with Crippen molar-refractivity contribution in [2.45, 2.75) is 34.3 Å². The third kappa shape index (κ3) is 5.45. The summed E-state index contributed by atoms with van der Waals surface area (Å²) in [6.07, 6.45) is 1.87. The molecule has 0 radical (unpaired) electrons. The molecule has 0 amide bonds. The van der Waals surface area contributed by atoms with Crippen LogP contribution < -0.4 is 0 Å². The lowest BCUT2D eigenvalue weighted by Gasteiger charge is -2.12. The number of oxime groups is 1. The predicted octanol–water partition coefficient (Wildman–Crippen LogP) is 4.86. The number of rotatable bonds is 7. The van der Waals surface area contributed by atoms with Gasteiger partial charge in [0.25, 0.3) is 0 Å². The molecule has 0 spiro atoms. The van der Waals surface area contributed by atoms with Gasteiger partial charge < -0.3 is 9.74 Å². The van der Waals surface area contributed by atoms with Crippen LogP contribution in [-0.2, 0) is 11.4 Å². The fraction of sp³-hybridized carbons (Fsp3) is 0.333. The number of hydrogen-bond donors (Lipinski definition) is 0. The highest BCUT2D eigenvalue weighted by Crippen LogP contribution is 2.24. The Morgan fingerprint density at radius 3 is 2.52 bits per heavy atom. The molecule has 25 heavy (non-hydrogen) atoms. The van der Waals surface area contributed by atoms with E-state index in [9.17, 15) is 0 Å². The number of aryl methyl sites for hydroxylation is 2. The smallest absolute Gasteiger partial charge is 0.142 e. The highest BCUT2D eigenvalue weighted by atomic mass is 16.6. The van der Waals surface area contributed by atoms with E-state index in [1.165, 1.54) is 0 Å². The van der Waals surface area contributed by atoms with E-state index in [-0.39, 0.29) is 0 Å². The van der Waals surface area contributed by atoms with Crippen molar-refractivity contribution in [1.29, 1.82) is 0 Å². The minimum absolute atomic E-state index is 0.474. The summed E-state index contributed by atoms with van der Waals surface area (Å²) in [5.74, 6) is 0. The van der Waals surface area contributed by atoms with Gasteiger partial charge in [-0.1, -0.05) is 35.5 Å². The van der Waals surface area contributed by atoms with Crippen molar-refractivity contribution >= 4 is 17.7 Å². The third-order valence-electron chi connectivity index (χ3n) is 4.10. The fourth-order valence-corrected chi connectivity index (χ4v) is 2.40. The van der Waals surface area contributed by atoms with Crippen molar-refractivity contribution in [2.75, 3.05) is 13.6 Å².